The Labute approximate surface area is 125 Å². The average molecular weight is 291 g/mol. The van der Waals surface area contributed by atoms with Gasteiger partial charge in [0.25, 0.3) is 0 Å². The fourth-order valence-corrected chi connectivity index (χ4v) is 3.69. The number of nitrogens with one attached hydrogen (secondary N) is 2. The molecule has 0 saturated carbocycles. The van der Waals surface area contributed by atoms with E-state index in [0.717, 1.165) is 37.9 Å². The molecule has 2 aromatic heterocycles. The molecule has 2 N–H and O–H groups in total. The summed E-state index contributed by atoms with van der Waals surface area (Å²) in [6.45, 7) is 0. The summed E-state index contributed by atoms with van der Waals surface area (Å²) in [5.41, 5.74) is 4.37. The third-order valence-corrected chi connectivity index (χ3v) is 4.58. The molecular weight excluding hydrogens is 280 g/mol. The van der Waals surface area contributed by atoms with Crippen LogP contribution >= 0.6 is 11.6 Å². The zero-order chi connectivity index (χ0) is 14.0. The fourth-order valence-electron chi connectivity index (χ4n) is 3.28. The van der Waals surface area contributed by atoms with E-state index in [9.17, 15) is 0 Å². The number of hydrogen-bond acceptors (Lipinski definition) is 0. The molecule has 5 rings (SSSR count). The monoisotopic (exact) mass is 290 g/mol. The third kappa shape index (κ3) is 1.38. The molecule has 0 radical (unpaired) electrons. The first-order chi connectivity index (χ1) is 10.3. The zero-order valence-electron chi connectivity index (χ0n) is 11.1. The lowest BCUT2D eigenvalue weighted by Crippen LogP contribution is -1.74. The number of para-hydroxylation sites is 2. The molecule has 3 aromatic carbocycles. The van der Waals surface area contributed by atoms with Crippen LogP contribution in [0, 0.1) is 0 Å². The molecular formula is C18H11ClN2. The van der Waals surface area contributed by atoms with Gasteiger partial charge in [-0.15, -0.1) is 0 Å². The van der Waals surface area contributed by atoms with Crippen LogP contribution in [0.5, 0.6) is 0 Å². The molecule has 0 aliphatic heterocycles. The Hall–Kier alpha value is -2.45. The standard InChI is InChI=1S/C18H11ClN2/c19-18-16-10-5-1-3-7-12(10)20-14(16)9-15-17(18)11-6-2-4-8-13(11)21-15/h1-9,20-21H. The van der Waals surface area contributed by atoms with Crippen LogP contribution in [0.25, 0.3) is 43.6 Å². The van der Waals surface area contributed by atoms with Gasteiger partial charge >= 0.3 is 0 Å². The SMILES string of the molecule is Clc1c2c(cc3[nH]c4ccccc4c13)[nH]c1ccccc12. The van der Waals surface area contributed by atoms with Gasteiger partial charge in [-0.05, 0) is 18.2 Å². The Morgan fingerprint density at radius 3 is 1.62 bits per heavy atom. The molecule has 0 fully saturated rings. The van der Waals surface area contributed by atoms with Gasteiger partial charge in [0.1, 0.15) is 0 Å². The van der Waals surface area contributed by atoms with Crippen LogP contribution in [0.1, 0.15) is 0 Å². The quantitative estimate of drug-likeness (QED) is 0.371. The summed E-state index contributed by atoms with van der Waals surface area (Å²) in [5.74, 6) is 0. The van der Waals surface area contributed by atoms with Gasteiger partial charge in [-0.2, -0.15) is 0 Å². The van der Waals surface area contributed by atoms with E-state index in [0.29, 0.717) is 0 Å². The summed E-state index contributed by atoms with van der Waals surface area (Å²) in [5, 5.41) is 5.36. The number of halogens is 1. The first-order valence-electron chi connectivity index (χ1n) is 6.92. The van der Waals surface area contributed by atoms with Crippen LogP contribution in [0.2, 0.25) is 5.02 Å². The number of aromatic nitrogens is 2. The normalized spacial score (nSPS) is 12.0. The van der Waals surface area contributed by atoms with Gasteiger partial charge in [-0.3, -0.25) is 0 Å². The van der Waals surface area contributed by atoms with Crippen molar-refractivity contribution in [2.75, 3.05) is 0 Å². The van der Waals surface area contributed by atoms with Crippen molar-refractivity contribution in [1.82, 2.24) is 9.97 Å². The van der Waals surface area contributed by atoms with Crippen LogP contribution < -0.4 is 0 Å². The van der Waals surface area contributed by atoms with Crippen molar-refractivity contribution in [3.8, 4) is 0 Å². The highest BCUT2D eigenvalue weighted by atomic mass is 35.5. The molecule has 0 saturated heterocycles. The summed E-state index contributed by atoms with van der Waals surface area (Å²) in [4.78, 5) is 6.90. The minimum atomic E-state index is 0.817. The van der Waals surface area contributed by atoms with Crippen molar-refractivity contribution in [2.24, 2.45) is 0 Å². The third-order valence-electron chi connectivity index (χ3n) is 4.20. The van der Waals surface area contributed by atoms with E-state index in [4.69, 9.17) is 11.6 Å². The number of H-pyrrole nitrogens is 2. The maximum Gasteiger partial charge on any atom is 0.0606 e. The van der Waals surface area contributed by atoms with Crippen LogP contribution in [-0.4, -0.2) is 9.97 Å². The van der Waals surface area contributed by atoms with Gasteiger partial charge in [-0.1, -0.05) is 48.0 Å². The summed E-state index contributed by atoms with van der Waals surface area (Å²) in [6, 6.07) is 18.7. The minimum absolute atomic E-state index is 0.817. The van der Waals surface area contributed by atoms with E-state index in [1.165, 1.54) is 10.8 Å². The first-order valence-corrected chi connectivity index (χ1v) is 7.30. The Morgan fingerprint density at radius 2 is 1.10 bits per heavy atom. The molecule has 3 heteroatoms. The van der Waals surface area contributed by atoms with E-state index in [2.05, 4.69) is 40.3 Å². The van der Waals surface area contributed by atoms with Gasteiger partial charge in [0.2, 0.25) is 0 Å². The van der Waals surface area contributed by atoms with Crippen LogP contribution in [0.15, 0.2) is 54.6 Å². The van der Waals surface area contributed by atoms with Crippen LogP contribution in [0.3, 0.4) is 0 Å². The minimum Gasteiger partial charge on any atom is -0.354 e. The maximum absolute atomic E-state index is 6.78. The molecule has 100 valence electrons. The van der Waals surface area contributed by atoms with Crippen molar-refractivity contribution in [1.29, 1.82) is 0 Å². The van der Waals surface area contributed by atoms with E-state index < -0.39 is 0 Å². The molecule has 21 heavy (non-hydrogen) atoms. The van der Waals surface area contributed by atoms with Gasteiger partial charge in [0, 0.05) is 32.6 Å². The molecule has 0 bridgehead atoms. The second-order valence-corrected chi connectivity index (χ2v) is 5.75. The van der Waals surface area contributed by atoms with E-state index in [1.807, 2.05) is 24.3 Å². The largest absolute Gasteiger partial charge is 0.354 e. The lowest BCUT2D eigenvalue weighted by Gasteiger charge is -1.99. The van der Waals surface area contributed by atoms with Crippen molar-refractivity contribution in [3.05, 3.63) is 59.6 Å². The summed E-state index contributed by atoms with van der Waals surface area (Å²) >= 11 is 6.78. The Bertz CT molecular complexity index is 1060. The molecule has 0 aliphatic carbocycles. The molecule has 0 aliphatic rings. The molecule has 0 atom stereocenters. The second-order valence-electron chi connectivity index (χ2n) is 5.38. The van der Waals surface area contributed by atoms with Crippen molar-refractivity contribution >= 4 is 55.2 Å². The number of rotatable bonds is 0. The second kappa shape index (κ2) is 3.80. The highest BCUT2D eigenvalue weighted by Crippen LogP contribution is 2.40. The predicted octanol–water partition coefficient (Wildman–Crippen LogP) is 5.61. The highest BCUT2D eigenvalue weighted by Gasteiger charge is 2.14. The van der Waals surface area contributed by atoms with Gasteiger partial charge in [0.05, 0.1) is 16.1 Å². The number of fused-ring (bicyclic) bond motifs is 6. The fraction of sp³-hybridized carbons (Fsp3) is 0. The van der Waals surface area contributed by atoms with Gasteiger partial charge in [0.15, 0.2) is 0 Å². The smallest absolute Gasteiger partial charge is 0.0606 e. The van der Waals surface area contributed by atoms with E-state index in [-0.39, 0.29) is 0 Å². The Kier molecular flexibility index (Phi) is 2.04. The van der Waals surface area contributed by atoms with Crippen molar-refractivity contribution < 1.29 is 0 Å². The Balaban J connectivity index is 2.12. The molecule has 2 heterocycles. The molecule has 0 spiro atoms. The topological polar surface area (TPSA) is 31.6 Å². The molecule has 0 unspecified atom stereocenters. The number of benzene rings is 3. The highest BCUT2D eigenvalue weighted by molar-refractivity contribution is 6.45. The van der Waals surface area contributed by atoms with E-state index >= 15 is 0 Å². The van der Waals surface area contributed by atoms with Crippen LogP contribution in [-0.2, 0) is 0 Å². The molecule has 2 nitrogen and oxygen atoms in total. The number of hydrogen-bond donors (Lipinski definition) is 2. The first kappa shape index (κ1) is 11.2. The number of aromatic amines is 2. The maximum atomic E-state index is 6.78. The predicted molar refractivity (Wildman–Crippen MR) is 90.2 cm³/mol. The van der Waals surface area contributed by atoms with Crippen LogP contribution in [0.4, 0.5) is 0 Å². The molecule has 5 aromatic rings. The lowest BCUT2D eigenvalue weighted by molar-refractivity contribution is 1.52. The summed E-state index contributed by atoms with van der Waals surface area (Å²) < 4.78 is 0. The average Bonchev–Trinajstić information content (AvgIpc) is 3.04. The van der Waals surface area contributed by atoms with Gasteiger partial charge < -0.3 is 9.97 Å². The van der Waals surface area contributed by atoms with Crippen molar-refractivity contribution in [3.63, 3.8) is 0 Å². The molecule has 0 amide bonds. The lowest BCUT2D eigenvalue weighted by atomic mass is 10.1. The summed E-state index contributed by atoms with van der Waals surface area (Å²) in [6.07, 6.45) is 0. The van der Waals surface area contributed by atoms with E-state index in [1.54, 1.807) is 0 Å². The summed E-state index contributed by atoms with van der Waals surface area (Å²) in [7, 11) is 0. The zero-order valence-corrected chi connectivity index (χ0v) is 11.8. The van der Waals surface area contributed by atoms with Crippen molar-refractivity contribution in [2.45, 2.75) is 0 Å². The van der Waals surface area contributed by atoms with Gasteiger partial charge in [-0.25, -0.2) is 0 Å². The Morgan fingerprint density at radius 1 is 0.619 bits per heavy atom.